The molecule has 2 aromatic rings. The molecule has 0 saturated carbocycles. The Labute approximate surface area is 167 Å². The van der Waals surface area contributed by atoms with Crippen molar-refractivity contribution in [1.29, 1.82) is 0 Å². The Morgan fingerprint density at radius 2 is 1.81 bits per heavy atom. The van der Waals surface area contributed by atoms with E-state index < -0.39 is 0 Å². The van der Waals surface area contributed by atoms with Crippen molar-refractivity contribution < 1.29 is 4.79 Å². The number of aromatic nitrogens is 2. The number of nitrogens with zero attached hydrogens (tertiary/aromatic N) is 3. The van der Waals surface area contributed by atoms with E-state index in [0.29, 0.717) is 24.5 Å². The molecule has 0 aliphatic carbocycles. The number of benzene rings is 1. The van der Waals surface area contributed by atoms with Gasteiger partial charge in [-0.2, -0.15) is 5.10 Å². The summed E-state index contributed by atoms with van der Waals surface area (Å²) in [4.78, 5) is 15.0. The number of piperidine rings is 1. The number of amides is 1. The number of nitrogens with one attached hydrogen (secondary N) is 1. The molecular weight excluding hydrogens is 360 g/mol. The van der Waals surface area contributed by atoms with Gasteiger partial charge in [-0.25, -0.2) is 4.68 Å². The van der Waals surface area contributed by atoms with Crippen molar-refractivity contribution in [3.05, 3.63) is 47.3 Å². The second-order valence-electron chi connectivity index (χ2n) is 7.84. The van der Waals surface area contributed by atoms with E-state index in [4.69, 9.17) is 0 Å². The van der Waals surface area contributed by atoms with Crippen LogP contribution in [0.15, 0.2) is 30.3 Å². The molecular formula is C21H29ClN4O. The fourth-order valence-corrected chi connectivity index (χ4v) is 4.57. The van der Waals surface area contributed by atoms with Gasteiger partial charge >= 0.3 is 0 Å². The molecule has 2 bridgehead atoms. The first kappa shape index (κ1) is 19.9. The number of rotatable bonds is 4. The van der Waals surface area contributed by atoms with Crippen molar-refractivity contribution in [1.82, 2.24) is 20.0 Å². The number of hydrogen-bond donors (Lipinski definition) is 1. The molecule has 0 spiro atoms. The molecule has 146 valence electrons. The maximum Gasteiger partial charge on any atom is 0.227 e. The van der Waals surface area contributed by atoms with E-state index >= 15 is 0 Å². The third-order valence-electron chi connectivity index (χ3n) is 6.16. The molecule has 2 aliphatic rings. The molecule has 3 heterocycles. The maximum atomic E-state index is 13.0. The highest BCUT2D eigenvalue weighted by molar-refractivity contribution is 5.85. The lowest BCUT2D eigenvalue weighted by Gasteiger charge is -2.35. The first-order chi connectivity index (χ1) is 12.5. The maximum absolute atomic E-state index is 13.0. The van der Waals surface area contributed by atoms with E-state index in [1.807, 2.05) is 53.9 Å². The Morgan fingerprint density at radius 3 is 2.44 bits per heavy atom. The van der Waals surface area contributed by atoms with Crippen molar-refractivity contribution in [2.24, 2.45) is 0 Å². The third-order valence-corrected chi connectivity index (χ3v) is 6.16. The van der Waals surface area contributed by atoms with Crippen LogP contribution < -0.4 is 5.32 Å². The zero-order chi connectivity index (χ0) is 18.3. The van der Waals surface area contributed by atoms with Crippen LogP contribution in [0.5, 0.6) is 0 Å². The van der Waals surface area contributed by atoms with E-state index in [1.165, 1.54) is 12.8 Å². The van der Waals surface area contributed by atoms with Crippen LogP contribution in [0.2, 0.25) is 0 Å². The average molecular weight is 389 g/mol. The molecule has 2 unspecified atom stereocenters. The molecule has 2 fully saturated rings. The number of hydrogen-bond acceptors (Lipinski definition) is 3. The topological polar surface area (TPSA) is 50.2 Å². The van der Waals surface area contributed by atoms with Crippen LogP contribution >= 0.6 is 12.4 Å². The number of fused-ring (bicyclic) bond motifs is 2. The SMILES string of the molecule is Cc1nn(-c2ccccc2)c(C)c1CC(=O)N(C)C1CC2CCC(C1)N2.Cl. The molecule has 27 heavy (non-hydrogen) atoms. The third kappa shape index (κ3) is 3.90. The fourth-order valence-electron chi connectivity index (χ4n) is 4.57. The lowest BCUT2D eigenvalue weighted by Crippen LogP contribution is -2.49. The van der Waals surface area contributed by atoms with Gasteiger partial charge in [0.1, 0.15) is 0 Å². The average Bonchev–Trinajstić information content (AvgIpc) is 3.14. The van der Waals surface area contributed by atoms with Gasteiger partial charge in [0, 0.05) is 36.4 Å². The zero-order valence-corrected chi connectivity index (χ0v) is 17.1. The number of carbonyl (C=O) groups is 1. The molecule has 4 rings (SSSR count). The number of halogens is 1. The number of aryl methyl sites for hydroxylation is 1. The predicted molar refractivity (Wildman–Crippen MR) is 110 cm³/mol. The Morgan fingerprint density at radius 1 is 1.19 bits per heavy atom. The quantitative estimate of drug-likeness (QED) is 0.875. The second-order valence-corrected chi connectivity index (χ2v) is 7.84. The van der Waals surface area contributed by atoms with Gasteiger partial charge in [-0.15, -0.1) is 12.4 Å². The number of carbonyl (C=O) groups excluding carboxylic acids is 1. The Hall–Kier alpha value is -1.85. The van der Waals surface area contributed by atoms with Gasteiger partial charge in [0.05, 0.1) is 17.8 Å². The van der Waals surface area contributed by atoms with Crippen LogP contribution in [0.25, 0.3) is 5.69 Å². The molecule has 2 aliphatic heterocycles. The van der Waals surface area contributed by atoms with E-state index in [1.54, 1.807) is 0 Å². The van der Waals surface area contributed by atoms with Crippen molar-refractivity contribution >= 4 is 18.3 Å². The lowest BCUT2D eigenvalue weighted by atomic mass is 9.98. The van der Waals surface area contributed by atoms with Gasteiger partial charge in [0.2, 0.25) is 5.91 Å². The van der Waals surface area contributed by atoms with Gasteiger partial charge in [0.25, 0.3) is 0 Å². The highest BCUT2D eigenvalue weighted by Gasteiger charge is 2.36. The summed E-state index contributed by atoms with van der Waals surface area (Å²) in [5.74, 6) is 0.204. The Bertz CT molecular complexity index is 792. The summed E-state index contributed by atoms with van der Waals surface area (Å²) in [6, 6.07) is 11.7. The van der Waals surface area contributed by atoms with Crippen molar-refractivity contribution in [2.45, 2.75) is 64.1 Å². The summed E-state index contributed by atoms with van der Waals surface area (Å²) in [5.41, 5.74) is 4.09. The van der Waals surface area contributed by atoms with Crippen LogP contribution in [0, 0.1) is 13.8 Å². The first-order valence-corrected chi connectivity index (χ1v) is 9.65. The normalized spacial score (nSPS) is 23.7. The molecule has 1 N–H and O–H groups in total. The predicted octanol–water partition coefficient (Wildman–Crippen LogP) is 3.19. The van der Waals surface area contributed by atoms with Crippen LogP contribution in [-0.2, 0) is 11.2 Å². The van der Waals surface area contributed by atoms with E-state index in [0.717, 1.165) is 35.5 Å². The molecule has 1 amide bonds. The molecule has 2 atom stereocenters. The fraction of sp³-hybridized carbons (Fsp3) is 0.524. The van der Waals surface area contributed by atoms with Crippen molar-refractivity contribution in [3.8, 4) is 5.69 Å². The summed E-state index contributed by atoms with van der Waals surface area (Å²) in [6.07, 6.45) is 5.11. The monoisotopic (exact) mass is 388 g/mol. The van der Waals surface area contributed by atoms with Crippen LogP contribution in [0.1, 0.15) is 42.6 Å². The van der Waals surface area contributed by atoms with Gasteiger partial charge in [-0.1, -0.05) is 18.2 Å². The van der Waals surface area contributed by atoms with Gasteiger partial charge < -0.3 is 10.2 Å². The smallest absolute Gasteiger partial charge is 0.227 e. The molecule has 1 aromatic carbocycles. The second kappa shape index (κ2) is 8.03. The van der Waals surface area contributed by atoms with E-state index in [2.05, 4.69) is 17.3 Å². The van der Waals surface area contributed by atoms with Crippen LogP contribution in [0.3, 0.4) is 0 Å². The van der Waals surface area contributed by atoms with Gasteiger partial charge in [0.15, 0.2) is 0 Å². The molecule has 5 nitrogen and oxygen atoms in total. The molecule has 1 aromatic heterocycles. The molecule has 2 saturated heterocycles. The largest absolute Gasteiger partial charge is 0.342 e. The minimum absolute atomic E-state index is 0. The van der Waals surface area contributed by atoms with Crippen molar-refractivity contribution in [2.75, 3.05) is 7.05 Å². The minimum atomic E-state index is 0. The van der Waals surface area contributed by atoms with E-state index in [9.17, 15) is 4.79 Å². The standard InChI is InChI=1S/C21H28N4O.ClH/c1-14-20(15(2)25(23-14)18-7-5-4-6-8-18)13-21(26)24(3)19-11-16-9-10-17(12-19)22-16;/h4-8,16-17,19,22H,9-13H2,1-3H3;1H. The summed E-state index contributed by atoms with van der Waals surface area (Å²) in [5, 5.41) is 8.33. The van der Waals surface area contributed by atoms with Gasteiger partial charge in [-0.3, -0.25) is 4.79 Å². The zero-order valence-electron chi connectivity index (χ0n) is 16.3. The summed E-state index contributed by atoms with van der Waals surface area (Å²) in [7, 11) is 1.98. The highest BCUT2D eigenvalue weighted by atomic mass is 35.5. The summed E-state index contributed by atoms with van der Waals surface area (Å²) >= 11 is 0. The Balaban J connectivity index is 0.00000210. The number of likely N-dealkylation sites (N-methyl/N-ethyl adjacent to an activating group) is 1. The van der Waals surface area contributed by atoms with E-state index in [-0.39, 0.29) is 18.3 Å². The van der Waals surface area contributed by atoms with Crippen LogP contribution in [0.4, 0.5) is 0 Å². The van der Waals surface area contributed by atoms with Crippen LogP contribution in [-0.4, -0.2) is 45.8 Å². The summed E-state index contributed by atoms with van der Waals surface area (Å²) in [6.45, 7) is 4.06. The molecule has 0 radical (unpaired) electrons. The number of para-hydroxylation sites is 1. The first-order valence-electron chi connectivity index (χ1n) is 9.65. The molecule has 6 heteroatoms. The minimum Gasteiger partial charge on any atom is -0.342 e. The Kier molecular flexibility index (Phi) is 5.92. The summed E-state index contributed by atoms with van der Waals surface area (Å²) < 4.78 is 1.95. The highest BCUT2D eigenvalue weighted by Crippen LogP contribution is 2.29. The lowest BCUT2D eigenvalue weighted by molar-refractivity contribution is -0.131. The van der Waals surface area contributed by atoms with Gasteiger partial charge in [-0.05, 0) is 51.7 Å². The van der Waals surface area contributed by atoms with Crippen molar-refractivity contribution in [3.63, 3.8) is 0 Å².